The van der Waals surface area contributed by atoms with Gasteiger partial charge in [0.1, 0.15) is 11.5 Å². The molecular weight excluding hydrogens is 270 g/mol. The highest BCUT2D eigenvalue weighted by molar-refractivity contribution is 5.69. The van der Waals surface area contributed by atoms with E-state index < -0.39 is 0 Å². The Morgan fingerprint density at radius 1 is 1.29 bits per heavy atom. The minimum Gasteiger partial charge on any atom is -0.497 e. The summed E-state index contributed by atoms with van der Waals surface area (Å²) in [7, 11) is 3.04. The number of nitrogens with one attached hydrogen (secondary N) is 1. The number of rotatable bonds is 10. The van der Waals surface area contributed by atoms with Crippen molar-refractivity contribution < 1.29 is 19.0 Å². The van der Waals surface area contributed by atoms with E-state index in [2.05, 4.69) is 17.0 Å². The minimum atomic E-state index is -0.210. The van der Waals surface area contributed by atoms with Gasteiger partial charge < -0.3 is 19.5 Å². The molecule has 0 aliphatic carbocycles. The lowest BCUT2D eigenvalue weighted by atomic mass is 10.2. The van der Waals surface area contributed by atoms with Crippen molar-refractivity contribution >= 4 is 5.97 Å². The lowest BCUT2D eigenvalue weighted by molar-refractivity contribution is -0.140. The van der Waals surface area contributed by atoms with Crippen molar-refractivity contribution in [3.05, 3.63) is 23.8 Å². The van der Waals surface area contributed by atoms with Gasteiger partial charge in [-0.15, -0.1) is 0 Å². The highest BCUT2D eigenvalue weighted by atomic mass is 16.5. The van der Waals surface area contributed by atoms with Crippen LogP contribution in [0.25, 0.3) is 0 Å². The van der Waals surface area contributed by atoms with Gasteiger partial charge in [-0.25, -0.2) is 0 Å². The summed E-state index contributed by atoms with van der Waals surface area (Å²) in [4.78, 5) is 11.0. The molecule has 5 nitrogen and oxygen atoms in total. The van der Waals surface area contributed by atoms with E-state index in [-0.39, 0.29) is 5.97 Å². The molecule has 0 spiro atoms. The normalized spacial score (nSPS) is 10.2. The van der Waals surface area contributed by atoms with Crippen molar-refractivity contribution in [3.63, 3.8) is 0 Å². The minimum absolute atomic E-state index is 0.210. The Kier molecular flexibility index (Phi) is 8.28. The van der Waals surface area contributed by atoms with E-state index in [4.69, 9.17) is 9.47 Å². The van der Waals surface area contributed by atoms with E-state index in [1.54, 1.807) is 7.11 Å². The average Bonchev–Trinajstić information content (AvgIpc) is 2.52. The smallest absolute Gasteiger partial charge is 0.305 e. The second-order valence-corrected chi connectivity index (χ2v) is 4.68. The number of ether oxygens (including phenoxy) is 3. The SMILES string of the molecule is CCCNCc1cc(OC)ccc1OCCCC(=O)OC. The molecule has 0 atom stereocenters. The molecule has 0 aliphatic heterocycles. The topological polar surface area (TPSA) is 56.8 Å². The second kappa shape index (κ2) is 10.0. The first-order valence-corrected chi connectivity index (χ1v) is 7.28. The van der Waals surface area contributed by atoms with Gasteiger partial charge >= 0.3 is 5.97 Å². The van der Waals surface area contributed by atoms with Crippen LogP contribution in [0.1, 0.15) is 31.7 Å². The fraction of sp³-hybridized carbons (Fsp3) is 0.562. The molecular formula is C16H25NO4. The molecule has 0 aromatic heterocycles. The third-order valence-electron chi connectivity index (χ3n) is 3.02. The van der Waals surface area contributed by atoms with Crippen molar-refractivity contribution in [1.82, 2.24) is 5.32 Å². The van der Waals surface area contributed by atoms with E-state index in [1.807, 2.05) is 18.2 Å². The van der Waals surface area contributed by atoms with Crippen LogP contribution in [0.5, 0.6) is 11.5 Å². The first kappa shape index (κ1) is 17.3. The Morgan fingerprint density at radius 3 is 2.76 bits per heavy atom. The molecule has 0 unspecified atom stereocenters. The fourth-order valence-corrected chi connectivity index (χ4v) is 1.86. The van der Waals surface area contributed by atoms with Crippen LogP contribution in [0.3, 0.4) is 0 Å². The standard InChI is InChI=1S/C16H25NO4/c1-4-9-17-12-13-11-14(19-2)7-8-15(13)21-10-5-6-16(18)20-3/h7-8,11,17H,4-6,9-10,12H2,1-3H3. The summed E-state index contributed by atoms with van der Waals surface area (Å²) in [5.41, 5.74) is 1.06. The van der Waals surface area contributed by atoms with Crippen molar-refractivity contribution in [3.8, 4) is 11.5 Å². The molecule has 1 aromatic rings. The van der Waals surface area contributed by atoms with Crippen LogP contribution in [0.15, 0.2) is 18.2 Å². The van der Waals surface area contributed by atoms with Crippen LogP contribution in [-0.2, 0) is 16.1 Å². The van der Waals surface area contributed by atoms with Crippen LogP contribution in [-0.4, -0.2) is 33.3 Å². The number of carbonyl (C=O) groups is 1. The summed E-state index contributed by atoms with van der Waals surface area (Å²) in [6.07, 6.45) is 2.09. The Labute approximate surface area is 126 Å². The predicted octanol–water partition coefficient (Wildman–Crippen LogP) is 2.53. The molecule has 0 saturated heterocycles. The van der Waals surface area contributed by atoms with Gasteiger partial charge in [0.15, 0.2) is 0 Å². The lowest BCUT2D eigenvalue weighted by Crippen LogP contribution is -2.15. The van der Waals surface area contributed by atoms with Crippen molar-refractivity contribution in [2.75, 3.05) is 27.4 Å². The maximum absolute atomic E-state index is 11.0. The van der Waals surface area contributed by atoms with Crippen LogP contribution >= 0.6 is 0 Å². The molecule has 118 valence electrons. The van der Waals surface area contributed by atoms with Crippen LogP contribution in [0.2, 0.25) is 0 Å². The molecule has 5 heteroatoms. The Balaban J connectivity index is 2.55. The van der Waals surface area contributed by atoms with Crippen molar-refractivity contribution in [2.24, 2.45) is 0 Å². The number of hydrogen-bond donors (Lipinski definition) is 1. The van der Waals surface area contributed by atoms with Crippen molar-refractivity contribution in [2.45, 2.75) is 32.7 Å². The zero-order valence-corrected chi connectivity index (χ0v) is 13.1. The Morgan fingerprint density at radius 2 is 2.10 bits per heavy atom. The Hall–Kier alpha value is -1.75. The summed E-state index contributed by atoms with van der Waals surface area (Å²) in [5.74, 6) is 1.42. The summed E-state index contributed by atoms with van der Waals surface area (Å²) >= 11 is 0. The van der Waals surface area contributed by atoms with Gasteiger partial charge in [0, 0.05) is 18.5 Å². The predicted molar refractivity (Wildman–Crippen MR) is 81.7 cm³/mol. The number of esters is 1. The molecule has 21 heavy (non-hydrogen) atoms. The third-order valence-corrected chi connectivity index (χ3v) is 3.02. The molecule has 0 radical (unpaired) electrons. The molecule has 1 aromatic carbocycles. The van der Waals surface area contributed by atoms with Gasteiger partial charge in [-0.05, 0) is 37.6 Å². The zero-order chi connectivity index (χ0) is 15.5. The van der Waals surface area contributed by atoms with Gasteiger partial charge in [-0.3, -0.25) is 4.79 Å². The van der Waals surface area contributed by atoms with Crippen LogP contribution in [0, 0.1) is 0 Å². The molecule has 0 heterocycles. The summed E-state index contributed by atoms with van der Waals surface area (Å²) in [5, 5.41) is 3.35. The number of methoxy groups -OCH3 is 2. The summed E-state index contributed by atoms with van der Waals surface area (Å²) in [6, 6.07) is 5.75. The Bertz CT molecular complexity index is 434. The quantitative estimate of drug-likeness (QED) is 0.531. The first-order chi connectivity index (χ1) is 10.2. The van der Waals surface area contributed by atoms with E-state index >= 15 is 0 Å². The monoisotopic (exact) mass is 295 g/mol. The molecule has 0 amide bonds. The summed E-state index contributed by atoms with van der Waals surface area (Å²) in [6.45, 7) is 4.31. The van der Waals surface area contributed by atoms with E-state index in [9.17, 15) is 4.79 Å². The number of benzene rings is 1. The summed E-state index contributed by atoms with van der Waals surface area (Å²) < 4.78 is 15.6. The lowest BCUT2D eigenvalue weighted by Gasteiger charge is -2.13. The largest absolute Gasteiger partial charge is 0.497 e. The maximum Gasteiger partial charge on any atom is 0.305 e. The van der Waals surface area contributed by atoms with E-state index in [0.29, 0.717) is 19.4 Å². The molecule has 1 rings (SSSR count). The molecule has 0 saturated carbocycles. The third kappa shape index (κ3) is 6.49. The molecule has 0 fully saturated rings. The molecule has 1 N–H and O–H groups in total. The average molecular weight is 295 g/mol. The van der Waals surface area contributed by atoms with E-state index in [1.165, 1.54) is 7.11 Å². The fourth-order valence-electron chi connectivity index (χ4n) is 1.86. The van der Waals surface area contributed by atoms with Gasteiger partial charge in [0.2, 0.25) is 0 Å². The van der Waals surface area contributed by atoms with Gasteiger partial charge in [0.25, 0.3) is 0 Å². The van der Waals surface area contributed by atoms with Gasteiger partial charge in [-0.2, -0.15) is 0 Å². The number of carbonyl (C=O) groups excluding carboxylic acids is 1. The number of hydrogen-bond acceptors (Lipinski definition) is 5. The van der Waals surface area contributed by atoms with Crippen molar-refractivity contribution in [1.29, 1.82) is 0 Å². The maximum atomic E-state index is 11.0. The highest BCUT2D eigenvalue weighted by Gasteiger charge is 2.07. The first-order valence-electron chi connectivity index (χ1n) is 7.28. The highest BCUT2D eigenvalue weighted by Crippen LogP contribution is 2.24. The van der Waals surface area contributed by atoms with Crippen LogP contribution in [0.4, 0.5) is 0 Å². The van der Waals surface area contributed by atoms with Gasteiger partial charge in [-0.1, -0.05) is 6.92 Å². The molecule has 0 bridgehead atoms. The van der Waals surface area contributed by atoms with E-state index in [0.717, 1.165) is 36.6 Å². The zero-order valence-electron chi connectivity index (χ0n) is 13.1. The molecule has 0 aliphatic rings. The second-order valence-electron chi connectivity index (χ2n) is 4.68. The van der Waals surface area contributed by atoms with Gasteiger partial charge in [0.05, 0.1) is 20.8 Å². The van der Waals surface area contributed by atoms with Crippen LogP contribution < -0.4 is 14.8 Å².